The van der Waals surface area contributed by atoms with Crippen LogP contribution in [0.2, 0.25) is 0 Å². The van der Waals surface area contributed by atoms with Gasteiger partial charge < -0.3 is 5.11 Å². The maximum absolute atomic E-state index is 10.7. The summed E-state index contributed by atoms with van der Waals surface area (Å²) in [6, 6.07) is 2.00. The normalized spacial score (nSPS) is 20.1. The lowest BCUT2D eigenvalue weighted by molar-refractivity contribution is -0.137. The highest BCUT2D eigenvalue weighted by molar-refractivity contribution is 5.68. The molecule has 74 valence electrons. The quantitative estimate of drug-likeness (QED) is 0.777. The molecular formula is C11H13NO2. The second-order valence-electron chi connectivity index (χ2n) is 3.76. The van der Waals surface area contributed by atoms with E-state index in [0.29, 0.717) is 0 Å². The summed E-state index contributed by atoms with van der Waals surface area (Å²) >= 11 is 0. The van der Waals surface area contributed by atoms with Gasteiger partial charge in [0, 0.05) is 12.4 Å². The molecule has 3 nitrogen and oxygen atoms in total. The van der Waals surface area contributed by atoms with Crippen LogP contribution >= 0.6 is 0 Å². The standard InChI is InChI=1S/C11H13NO2/c13-11(14)6-9-3-1-2-8-4-5-12-7-10(8)9/h4-5,7,9H,1-3,6H2,(H,13,14). The molecular weight excluding hydrogens is 178 g/mol. The average Bonchev–Trinajstić information content (AvgIpc) is 2.18. The molecule has 14 heavy (non-hydrogen) atoms. The summed E-state index contributed by atoms with van der Waals surface area (Å²) in [6.07, 6.45) is 6.97. The van der Waals surface area contributed by atoms with E-state index in [-0.39, 0.29) is 12.3 Å². The number of nitrogens with zero attached hydrogens (tertiary/aromatic N) is 1. The van der Waals surface area contributed by atoms with Crippen molar-refractivity contribution in [3.05, 3.63) is 29.6 Å². The summed E-state index contributed by atoms with van der Waals surface area (Å²) in [6.45, 7) is 0. The van der Waals surface area contributed by atoms with Gasteiger partial charge >= 0.3 is 5.97 Å². The van der Waals surface area contributed by atoms with E-state index in [1.807, 2.05) is 12.3 Å². The number of aryl methyl sites for hydroxylation is 1. The van der Waals surface area contributed by atoms with Crippen molar-refractivity contribution in [2.24, 2.45) is 0 Å². The van der Waals surface area contributed by atoms with Crippen LogP contribution in [0.15, 0.2) is 18.5 Å². The van der Waals surface area contributed by atoms with Gasteiger partial charge in [0.25, 0.3) is 0 Å². The highest BCUT2D eigenvalue weighted by Gasteiger charge is 2.22. The van der Waals surface area contributed by atoms with Gasteiger partial charge in [0.1, 0.15) is 0 Å². The summed E-state index contributed by atoms with van der Waals surface area (Å²) in [5.41, 5.74) is 2.42. The molecule has 0 saturated heterocycles. The third kappa shape index (κ3) is 1.76. The summed E-state index contributed by atoms with van der Waals surface area (Å²) in [5, 5.41) is 8.77. The van der Waals surface area contributed by atoms with Gasteiger partial charge in [-0.2, -0.15) is 0 Å². The predicted molar refractivity (Wildman–Crippen MR) is 52.2 cm³/mol. The van der Waals surface area contributed by atoms with Crippen LogP contribution in [0.4, 0.5) is 0 Å². The molecule has 3 heteroatoms. The molecule has 0 aromatic carbocycles. The maximum Gasteiger partial charge on any atom is 0.303 e. The zero-order chi connectivity index (χ0) is 9.97. The molecule has 1 unspecified atom stereocenters. The zero-order valence-corrected chi connectivity index (χ0v) is 7.94. The molecule has 0 amide bonds. The van der Waals surface area contributed by atoms with Crippen molar-refractivity contribution in [3.8, 4) is 0 Å². The molecule has 1 heterocycles. The predicted octanol–water partition coefficient (Wildman–Crippen LogP) is 1.98. The van der Waals surface area contributed by atoms with E-state index in [2.05, 4.69) is 4.98 Å². The molecule has 1 N–H and O–H groups in total. The van der Waals surface area contributed by atoms with Gasteiger partial charge in [-0.15, -0.1) is 0 Å². The Hall–Kier alpha value is -1.38. The van der Waals surface area contributed by atoms with E-state index >= 15 is 0 Å². The highest BCUT2D eigenvalue weighted by Crippen LogP contribution is 2.32. The maximum atomic E-state index is 10.7. The van der Waals surface area contributed by atoms with E-state index in [9.17, 15) is 4.79 Å². The molecule has 1 aromatic rings. The minimum Gasteiger partial charge on any atom is -0.481 e. The van der Waals surface area contributed by atoms with Gasteiger partial charge in [0.2, 0.25) is 0 Å². The van der Waals surface area contributed by atoms with Crippen LogP contribution in [0.3, 0.4) is 0 Å². The molecule has 1 aliphatic carbocycles. The number of hydrogen-bond acceptors (Lipinski definition) is 2. The smallest absolute Gasteiger partial charge is 0.303 e. The molecule has 2 rings (SSSR count). The number of fused-ring (bicyclic) bond motifs is 1. The van der Waals surface area contributed by atoms with E-state index < -0.39 is 5.97 Å². The minimum atomic E-state index is -0.716. The van der Waals surface area contributed by atoms with Gasteiger partial charge in [0.15, 0.2) is 0 Å². The van der Waals surface area contributed by atoms with Crippen LogP contribution < -0.4 is 0 Å². The van der Waals surface area contributed by atoms with Gasteiger partial charge in [-0.3, -0.25) is 9.78 Å². The van der Waals surface area contributed by atoms with Crippen LogP contribution in [0, 0.1) is 0 Å². The minimum absolute atomic E-state index is 0.171. The first-order valence-corrected chi connectivity index (χ1v) is 4.92. The Bertz CT molecular complexity index is 349. The van der Waals surface area contributed by atoms with Crippen molar-refractivity contribution in [3.63, 3.8) is 0 Å². The average molecular weight is 191 g/mol. The fourth-order valence-corrected chi connectivity index (χ4v) is 2.15. The van der Waals surface area contributed by atoms with Crippen molar-refractivity contribution < 1.29 is 9.90 Å². The number of carbonyl (C=O) groups is 1. The third-order valence-corrected chi connectivity index (χ3v) is 2.81. The van der Waals surface area contributed by atoms with Crippen molar-refractivity contribution in [2.75, 3.05) is 0 Å². The number of carboxylic acids is 1. The summed E-state index contributed by atoms with van der Waals surface area (Å²) in [4.78, 5) is 14.7. The molecule has 1 aliphatic rings. The number of rotatable bonds is 2. The Morgan fingerprint density at radius 1 is 1.64 bits per heavy atom. The number of aliphatic carboxylic acids is 1. The molecule has 1 atom stereocenters. The lowest BCUT2D eigenvalue weighted by Gasteiger charge is -2.23. The van der Waals surface area contributed by atoms with Crippen LogP contribution in [0.5, 0.6) is 0 Å². The fraction of sp³-hybridized carbons (Fsp3) is 0.455. The first-order valence-electron chi connectivity index (χ1n) is 4.92. The van der Waals surface area contributed by atoms with Crippen molar-refractivity contribution in [1.82, 2.24) is 4.98 Å². The second-order valence-corrected chi connectivity index (χ2v) is 3.76. The van der Waals surface area contributed by atoms with Crippen molar-refractivity contribution in [1.29, 1.82) is 0 Å². The highest BCUT2D eigenvalue weighted by atomic mass is 16.4. The van der Waals surface area contributed by atoms with Crippen molar-refractivity contribution >= 4 is 5.97 Å². The monoisotopic (exact) mass is 191 g/mol. The molecule has 0 saturated carbocycles. The molecule has 1 aromatic heterocycles. The second kappa shape index (κ2) is 3.78. The largest absolute Gasteiger partial charge is 0.481 e. The third-order valence-electron chi connectivity index (χ3n) is 2.81. The lowest BCUT2D eigenvalue weighted by atomic mass is 9.82. The van der Waals surface area contributed by atoms with Crippen LogP contribution in [0.1, 0.15) is 36.3 Å². The first-order chi connectivity index (χ1) is 6.77. The molecule has 0 bridgehead atoms. The SMILES string of the molecule is O=C(O)CC1CCCc2ccncc21. The zero-order valence-electron chi connectivity index (χ0n) is 7.94. The molecule has 0 fully saturated rings. The van der Waals surface area contributed by atoms with Crippen LogP contribution in [0.25, 0.3) is 0 Å². The van der Waals surface area contributed by atoms with E-state index in [0.717, 1.165) is 24.8 Å². The molecule has 0 spiro atoms. The summed E-state index contributed by atoms with van der Waals surface area (Å²) in [5.74, 6) is -0.545. The topological polar surface area (TPSA) is 50.2 Å². The number of carboxylic acid groups (broad SMARTS) is 1. The number of pyridine rings is 1. The van der Waals surface area contributed by atoms with Gasteiger partial charge in [0.05, 0.1) is 6.42 Å². The van der Waals surface area contributed by atoms with Crippen LogP contribution in [-0.2, 0) is 11.2 Å². The Kier molecular flexibility index (Phi) is 2.48. The van der Waals surface area contributed by atoms with E-state index in [4.69, 9.17) is 5.11 Å². The van der Waals surface area contributed by atoms with Gasteiger partial charge in [-0.05, 0) is 42.4 Å². The Morgan fingerprint density at radius 2 is 2.50 bits per heavy atom. The molecule has 0 aliphatic heterocycles. The van der Waals surface area contributed by atoms with Crippen molar-refractivity contribution in [2.45, 2.75) is 31.6 Å². The lowest BCUT2D eigenvalue weighted by Crippen LogP contribution is -2.13. The number of aromatic nitrogens is 1. The first kappa shape index (κ1) is 9.19. The van der Waals surface area contributed by atoms with Crippen LogP contribution in [-0.4, -0.2) is 16.1 Å². The molecule has 0 radical (unpaired) electrons. The summed E-state index contributed by atoms with van der Waals surface area (Å²) in [7, 11) is 0. The Labute approximate surface area is 82.8 Å². The summed E-state index contributed by atoms with van der Waals surface area (Å²) < 4.78 is 0. The van der Waals surface area contributed by atoms with E-state index in [1.165, 1.54) is 5.56 Å². The fourth-order valence-electron chi connectivity index (χ4n) is 2.15. The van der Waals surface area contributed by atoms with E-state index in [1.54, 1.807) is 6.20 Å². The van der Waals surface area contributed by atoms with Gasteiger partial charge in [-0.25, -0.2) is 0 Å². The van der Waals surface area contributed by atoms with Gasteiger partial charge in [-0.1, -0.05) is 0 Å². The number of hydrogen-bond donors (Lipinski definition) is 1. The Morgan fingerprint density at radius 3 is 3.29 bits per heavy atom. The Balaban J connectivity index is 2.26.